The van der Waals surface area contributed by atoms with Gasteiger partial charge in [0.15, 0.2) is 6.29 Å². The van der Waals surface area contributed by atoms with Crippen LogP contribution in [0.2, 0.25) is 0 Å². The highest BCUT2D eigenvalue weighted by atomic mass is 19.4. The van der Waals surface area contributed by atoms with Crippen LogP contribution in [0.4, 0.5) is 23.7 Å². The molecular weight excluding hydrogens is 563 g/mol. The smallest absolute Gasteiger partial charge is 0.429 e. The number of aromatic nitrogens is 1. The van der Waals surface area contributed by atoms with E-state index in [1.807, 2.05) is 18.2 Å². The summed E-state index contributed by atoms with van der Waals surface area (Å²) in [5.74, 6) is 0.631. The van der Waals surface area contributed by atoms with E-state index in [9.17, 15) is 23.2 Å². The second-order valence-electron chi connectivity index (χ2n) is 10.4. The summed E-state index contributed by atoms with van der Waals surface area (Å²) >= 11 is 0. The van der Waals surface area contributed by atoms with Crippen LogP contribution in [0.5, 0.6) is 5.75 Å². The van der Waals surface area contributed by atoms with E-state index in [-0.39, 0.29) is 23.9 Å². The molecule has 1 amide bonds. The fraction of sp³-hybridized carbons (Fsp3) is 0.312. The quantitative estimate of drug-likeness (QED) is 0.228. The molecule has 222 valence electrons. The third-order valence-corrected chi connectivity index (χ3v) is 7.63. The van der Waals surface area contributed by atoms with Crippen molar-refractivity contribution in [3.8, 4) is 23.1 Å². The average Bonchev–Trinajstić information content (AvgIpc) is 3.60. The van der Waals surface area contributed by atoms with E-state index in [2.05, 4.69) is 16.0 Å². The van der Waals surface area contributed by atoms with Crippen molar-refractivity contribution in [3.63, 3.8) is 0 Å². The molecular formula is C32H28F3N3O5. The Labute approximate surface area is 245 Å². The van der Waals surface area contributed by atoms with Crippen LogP contribution in [0.25, 0.3) is 22.2 Å². The zero-order chi connectivity index (χ0) is 30.0. The lowest BCUT2D eigenvalue weighted by atomic mass is 9.92. The summed E-state index contributed by atoms with van der Waals surface area (Å²) in [7, 11) is 0. The number of nitrogens with zero attached hydrogens (tertiary/aromatic N) is 2. The van der Waals surface area contributed by atoms with Gasteiger partial charge in [0.05, 0.1) is 30.0 Å². The van der Waals surface area contributed by atoms with Gasteiger partial charge in [-0.15, -0.1) is 0 Å². The highest BCUT2D eigenvalue weighted by Gasteiger charge is 2.44. The molecule has 2 fully saturated rings. The number of anilines is 1. The van der Waals surface area contributed by atoms with Gasteiger partial charge in [0.2, 0.25) is 6.10 Å². The van der Waals surface area contributed by atoms with Crippen LogP contribution in [0.3, 0.4) is 0 Å². The molecule has 1 atom stereocenters. The molecule has 6 rings (SSSR count). The summed E-state index contributed by atoms with van der Waals surface area (Å²) in [6, 6.07) is 21.7. The number of ether oxygens (including phenoxy) is 4. The second-order valence-corrected chi connectivity index (χ2v) is 10.4. The normalized spacial score (nSPS) is 16.4. The number of halogens is 3. The zero-order valence-corrected chi connectivity index (χ0v) is 23.0. The Morgan fingerprint density at radius 1 is 1.05 bits per heavy atom. The van der Waals surface area contributed by atoms with Crippen molar-refractivity contribution in [1.29, 1.82) is 5.26 Å². The highest BCUT2D eigenvalue weighted by molar-refractivity contribution is 5.96. The number of hydrogen-bond donors (Lipinski definition) is 1. The highest BCUT2D eigenvalue weighted by Crippen LogP contribution is 2.43. The average molecular weight is 592 g/mol. The Balaban J connectivity index is 1.25. The summed E-state index contributed by atoms with van der Waals surface area (Å²) in [4.78, 5) is 12.5. The lowest BCUT2D eigenvalue weighted by Crippen LogP contribution is -2.28. The molecule has 2 aliphatic rings. The summed E-state index contributed by atoms with van der Waals surface area (Å²) < 4.78 is 64.7. The molecule has 1 aliphatic carbocycles. The van der Waals surface area contributed by atoms with Crippen molar-refractivity contribution in [3.05, 3.63) is 83.9 Å². The minimum absolute atomic E-state index is 0.179. The number of nitriles is 1. The Morgan fingerprint density at radius 3 is 2.40 bits per heavy atom. The number of alkyl halides is 3. The van der Waals surface area contributed by atoms with Gasteiger partial charge in [0, 0.05) is 28.7 Å². The van der Waals surface area contributed by atoms with Gasteiger partial charge in [-0.2, -0.15) is 18.4 Å². The predicted molar refractivity (Wildman–Crippen MR) is 152 cm³/mol. The van der Waals surface area contributed by atoms with E-state index in [0.717, 1.165) is 41.4 Å². The fourth-order valence-corrected chi connectivity index (χ4v) is 5.39. The first-order valence-electron chi connectivity index (χ1n) is 14.0. The topological polar surface area (TPSA) is 94.7 Å². The first-order chi connectivity index (χ1) is 20.8. The number of carbonyl (C=O) groups excluding carboxylic acids is 1. The van der Waals surface area contributed by atoms with Crippen molar-refractivity contribution >= 4 is 22.7 Å². The molecule has 8 nitrogen and oxygen atoms in total. The fourth-order valence-electron chi connectivity index (χ4n) is 5.39. The molecule has 1 saturated heterocycles. The number of hydrogen-bond acceptors (Lipinski definition) is 6. The van der Waals surface area contributed by atoms with E-state index >= 15 is 0 Å². The molecule has 0 bridgehead atoms. The lowest BCUT2D eigenvalue weighted by Gasteiger charge is -2.30. The van der Waals surface area contributed by atoms with Crippen LogP contribution in [0.1, 0.15) is 42.5 Å². The lowest BCUT2D eigenvalue weighted by molar-refractivity contribution is -0.205. The molecule has 1 aliphatic heterocycles. The molecule has 11 heteroatoms. The van der Waals surface area contributed by atoms with Crippen molar-refractivity contribution in [2.24, 2.45) is 0 Å². The van der Waals surface area contributed by atoms with Gasteiger partial charge in [-0.05, 0) is 49.1 Å². The van der Waals surface area contributed by atoms with Crippen LogP contribution in [-0.4, -0.2) is 42.9 Å². The third kappa shape index (κ3) is 6.02. The van der Waals surface area contributed by atoms with Gasteiger partial charge in [-0.3, -0.25) is 5.32 Å². The standard InChI is InChI=1S/C32H28F3N3O5/c33-32(34,35)30(21-5-2-1-3-6-21)43-31(39)37-22-11-9-20(10-12-22)29-26(18-36)25-14-13-24(42-19-28-40-15-16-41-28)17-27(25)38(29)23-7-4-8-23/h1-3,5-6,9-14,17,23,28,30H,4,7-8,15-16,19H2,(H,37,39). The maximum Gasteiger partial charge on any atom is 0.429 e. The van der Waals surface area contributed by atoms with Crippen molar-refractivity contribution < 1.29 is 36.9 Å². The number of nitrogens with one attached hydrogen (secondary N) is 1. The van der Waals surface area contributed by atoms with Crippen molar-refractivity contribution in [2.75, 3.05) is 25.1 Å². The van der Waals surface area contributed by atoms with Crippen LogP contribution in [0.15, 0.2) is 72.8 Å². The number of rotatable bonds is 8. The SMILES string of the molecule is N#Cc1c(-c2ccc(NC(=O)OC(c3ccccc3)C(F)(F)F)cc2)n(C2CCC2)c2cc(OCC3OCCO3)ccc12. The summed E-state index contributed by atoms with van der Waals surface area (Å²) in [5, 5.41) is 13.4. The Kier molecular flexibility index (Phi) is 7.97. The van der Waals surface area contributed by atoms with Gasteiger partial charge in [0.25, 0.3) is 0 Å². The summed E-state index contributed by atoms with van der Waals surface area (Å²) in [5.41, 5.74) is 2.91. The molecule has 1 saturated carbocycles. The number of carbonyl (C=O) groups is 1. The van der Waals surface area contributed by atoms with Crippen LogP contribution >= 0.6 is 0 Å². The number of fused-ring (bicyclic) bond motifs is 1. The summed E-state index contributed by atoms with van der Waals surface area (Å²) in [6.07, 6.45) is -5.84. The Bertz CT molecular complexity index is 1640. The maximum atomic E-state index is 13.6. The van der Waals surface area contributed by atoms with Gasteiger partial charge < -0.3 is 23.5 Å². The van der Waals surface area contributed by atoms with Crippen LogP contribution in [0, 0.1) is 11.3 Å². The van der Waals surface area contributed by atoms with Gasteiger partial charge in [-0.25, -0.2) is 4.79 Å². The maximum absolute atomic E-state index is 13.6. The van der Waals surface area contributed by atoms with E-state index < -0.39 is 24.7 Å². The minimum atomic E-state index is -4.78. The second kappa shape index (κ2) is 12.0. The largest absolute Gasteiger partial charge is 0.488 e. The number of benzene rings is 3. The zero-order valence-electron chi connectivity index (χ0n) is 23.0. The van der Waals surface area contributed by atoms with E-state index in [0.29, 0.717) is 24.5 Å². The molecule has 1 N–H and O–H groups in total. The molecule has 1 aromatic heterocycles. The van der Waals surface area contributed by atoms with Crippen molar-refractivity contribution in [2.45, 2.75) is 43.9 Å². The minimum Gasteiger partial charge on any atom is -0.488 e. The first-order valence-corrected chi connectivity index (χ1v) is 14.0. The van der Waals surface area contributed by atoms with Crippen molar-refractivity contribution in [1.82, 2.24) is 4.57 Å². The molecule has 0 spiro atoms. The Hall–Kier alpha value is -4.53. The number of amides is 1. The molecule has 2 heterocycles. The molecule has 43 heavy (non-hydrogen) atoms. The van der Waals surface area contributed by atoms with E-state index in [1.54, 1.807) is 30.3 Å². The molecule has 1 unspecified atom stereocenters. The van der Waals surface area contributed by atoms with Gasteiger partial charge in [-0.1, -0.05) is 42.5 Å². The molecule has 0 radical (unpaired) electrons. The first kappa shape index (κ1) is 28.6. The Morgan fingerprint density at radius 2 is 1.77 bits per heavy atom. The molecule has 3 aromatic carbocycles. The van der Waals surface area contributed by atoms with E-state index in [4.69, 9.17) is 18.9 Å². The van der Waals surface area contributed by atoms with E-state index in [1.165, 1.54) is 24.3 Å². The van der Waals surface area contributed by atoms with Crippen LogP contribution in [-0.2, 0) is 14.2 Å². The van der Waals surface area contributed by atoms with Gasteiger partial charge >= 0.3 is 12.3 Å². The monoisotopic (exact) mass is 591 g/mol. The molecule has 4 aromatic rings. The van der Waals surface area contributed by atoms with Crippen LogP contribution < -0.4 is 10.1 Å². The third-order valence-electron chi connectivity index (χ3n) is 7.63. The van der Waals surface area contributed by atoms with Gasteiger partial charge in [0.1, 0.15) is 18.4 Å². The predicted octanol–water partition coefficient (Wildman–Crippen LogP) is 7.51. The summed E-state index contributed by atoms with van der Waals surface area (Å²) in [6.45, 7) is 1.31.